The molecule has 3 N–H and O–H groups in total. The molecule has 0 heterocycles. The van der Waals surface area contributed by atoms with E-state index in [9.17, 15) is 0 Å². The van der Waals surface area contributed by atoms with Crippen molar-refractivity contribution in [3.8, 4) is 11.5 Å². The molecule has 1 saturated carbocycles. The van der Waals surface area contributed by atoms with Gasteiger partial charge in [-0.1, -0.05) is 32.3 Å². The molecule has 1 fully saturated rings. The van der Waals surface area contributed by atoms with Gasteiger partial charge in [-0.05, 0) is 36.8 Å². The van der Waals surface area contributed by atoms with Gasteiger partial charge in [-0.2, -0.15) is 0 Å². The van der Waals surface area contributed by atoms with Crippen molar-refractivity contribution >= 4 is 0 Å². The summed E-state index contributed by atoms with van der Waals surface area (Å²) >= 11 is 0. The van der Waals surface area contributed by atoms with Crippen LogP contribution in [0, 0.1) is 11.8 Å². The van der Waals surface area contributed by atoms with Crippen molar-refractivity contribution in [1.82, 2.24) is 5.43 Å². The lowest BCUT2D eigenvalue weighted by atomic mass is 9.75. The maximum Gasteiger partial charge on any atom is 0.127 e. The number of hydrogen-bond donors (Lipinski definition) is 2. The average Bonchev–Trinajstić information content (AvgIpc) is 2.55. The van der Waals surface area contributed by atoms with Gasteiger partial charge in [0.2, 0.25) is 0 Å². The second-order valence-electron chi connectivity index (χ2n) is 5.92. The van der Waals surface area contributed by atoms with Crippen molar-refractivity contribution in [2.45, 2.75) is 45.1 Å². The van der Waals surface area contributed by atoms with Gasteiger partial charge in [0.25, 0.3) is 0 Å². The van der Waals surface area contributed by atoms with Crippen LogP contribution in [0.5, 0.6) is 11.5 Å². The van der Waals surface area contributed by atoms with Crippen LogP contribution >= 0.6 is 0 Å². The molecule has 0 aromatic heterocycles. The highest BCUT2D eigenvalue weighted by Gasteiger charge is 2.31. The van der Waals surface area contributed by atoms with E-state index in [0.29, 0.717) is 5.92 Å². The topological polar surface area (TPSA) is 56.5 Å². The van der Waals surface area contributed by atoms with Gasteiger partial charge < -0.3 is 9.47 Å². The molecular formula is C17H28N2O2. The van der Waals surface area contributed by atoms with Gasteiger partial charge in [0, 0.05) is 0 Å². The fourth-order valence-corrected chi connectivity index (χ4v) is 3.65. The van der Waals surface area contributed by atoms with Crippen LogP contribution in [-0.2, 0) is 0 Å². The minimum absolute atomic E-state index is 0.0745. The van der Waals surface area contributed by atoms with Crippen molar-refractivity contribution in [3.05, 3.63) is 23.8 Å². The fraction of sp³-hybridized carbons (Fsp3) is 0.647. The van der Waals surface area contributed by atoms with E-state index in [0.717, 1.165) is 23.0 Å². The molecule has 1 aromatic carbocycles. The Morgan fingerprint density at radius 1 is 1.24 bits per heavy atom. The lowest BCUT2D eigenvalue weighted by Crippen LogP contribution is -2.36. The van der Waals surface area contributed by atoms with E-state index in [-0.39, 0.29) is 6.04 Å². The molecule has 0 radical (unpaired) electrons. The van der Waals surface area contributed by atoms with E-state index in [1.54, 1.807) is 14.2 Å². The highest BCUT2D eigenvalue weighted by Crippen LogP contribution is 2.43. The summed E-state index contributed by atoms with van der Waals surface area (Å²) in [5, 5.41) is 0. The minimum atomic E-state index is 0.0745. The van der Waals surface area contributed by atoms with Crippen molar-refractivity contribution in [2.75, 3.05) is 14.2 Å². The molecule has 1 aliphatic rings. The van der Waals surface area contributed by atoms with E-state index in [1.807, 2.05) is 18.2 Å². The molecule has 0 bridgehead atoms. The van der Waals surface area contributed by atoms with E-state index >= 15 is 0 Å². The van der Waals surface area contributed by atoms with E-state index in [1.165, 1.54) is 32.1 Å². The molecule has 0 aliphatic heterocycles. The summed E-state index contributed by atoms with van der Waals surface area (Å²) in [4.78, 5) is 0. The Balaban J connectivity index is 2.32. The third-order valence-electron chi connectivity index (χ3n) is 4.83. The molecule has 1 aliphatic carbocycles. The van der Waals surface area contributed by atoms with Gasteiger partial charge in [-0.25, -0.2) is 0 Å². The Hall–Kier alpha value is -1.26. The van der Waals surface area contributed by atoms with Crippen LogP contribution in [0.25, 0.3) is 0 Å². The largest absolute Gasteiger partial charge is 0.496 e. The van der Waals surface area contributed by atoms with Crippen molar-refractivity contribution in [2.24, 2.45) is 17.7 Å². The first-order valence-electron chi connectivity index (χ1n) is 7.92. The van der Waals surface area contributed by atoms with Crippen LogP contribution < -0.4 is 20.7 Å². The van der Waals surface area contributed by atoms with E-state index in [2.05, 4.69) is 12.3 Å². The Morgan fingerprint density at radius 2 is 1.90 bits per heavy atom. The molecule has 118 valence electrons. The summed E-state index contributed by atoms with van der Waals surface area (Å²) < 4.78 is 11.1. The molecule has 3 unspecified atom stereocenters. The highest BCUT2D eigenvalue weighted by atomic mass is 16.5. The van der Waals surface area contributed by atoms with Gasteiger partial charge in [-0.15, -0.1) is 0 Å². The maximum absolute atomic E-state index is 5.91. The molecule has 3 atom stereocenters. The Bertz CT molecular complexity index is 428. The molecule has 4 nitrogen and oxygen atoms in total. The van der Waals surface area contributed by atoms with Crippen molar-refractivity contribution < 1.29 is 9.47 Å². The normalized spacial score (nSPS) is 23.6. The Labute approximate surface area is 128 Å². The van der Waals surface area contributed by atoms with Crippen LogP contribution in [0.4, 0.5) is 0 Å². The number of methoxy groups -OCH3 is 2. The van der Waals surface area contributed by atoms with Crippen LogP contribution in [-0.4, -0.2) is 14.2 Å². The molecule has 4 heteroatoms. The summed E-state index contributed by atoms with van der Waals surface area (Å²) in [6.07, 6.45) is 6.28. The lowest BCUT2D eigenvalue weighted by molar-refractivity contribution is 0.204. The Morgan fingerprint density at radius 3 is 2.43 bits per heavy atom. The van der Waals surface area contributed by atoms with Crippen LogP contribution in [0.15, 0.2) is 18.2 Å². The smallest absolute Gasteiger partial charge is 0.127 e. The van der Waals surface area contributed by atoms with Gasteiger partial charge in [0.1, 0.15) is 11.5 Å². The second-order valence-corrected chi connectivity index (χ2v) is 5.92. The van der Waals surface area contributed by atoms with Gasteiger partial charge in [0.05, 0.1) is 25.8 Å². The van der Waals surface area contributed by atoms with Gasteiger partial charge in [0.15, 0.2) is 0 Å². The summed E-state index contributed by atoms with van der Waals surface area (Å²) in [5.41, 5.74) is 4.07. The summed E-state index contributed by atoms with van der Waals surface area (Å²) in [6.45, 7) is 2.28. The van der Waals surface area contributed by atoms with E-state index < -0.39 is 0 Å². The zero-order valence-corrected chi connectivity index (χ0v) is 13.4. The standard InChI is InChI=1S/C17H28N2O2/c1-4-12-7-5-8-13(11-12)17(19-18)16-14(20-2)9-6-10-15(16)21-3/h6,9-10,12-13,17,19H,4-5,7-8,11,18H2,1-3H3. The fourth-order valence-electron chi connectivity index (χ4n) is 3.65. The Kier molecular flexibility index (Phi) is 5.88. The molecule has 1 aromatic rings. The number of hydrazine groups is 1. The van der Waals surface area contributed by atoms with Crippen LogP contribution in [0.2, 0.25) is 0 Å². The first-order valence-corrected chi connectivity index (χ1v) is 7.92. The molecule has 0 saturated heterocycles. The van der Waals surface area contributed by atoms with Crippen molar-refractivity contribution in [3.63, 3.8) is 0 Å². The number of nitrogens with two attached hydrogens (primary N) is 1. The molecule has 0 spiro atoms. The highest BCUT2D eigenvalue weighted by molar-refractivity contribution is 5.47. The minimum Gasteiger partial charge on any atom is -0.496 e. The van der Waals surface area contributed by atoms with Gasteiger partial charge >= 0.3 is 0 Å². The monoisotopic (exact) mass is 292 g/mol. The molecule has 0 amide bonds. The summed E-state index contributed by atoms with van der Waals surface area (Å²) in [6, 6.07) is 5.97. The summed E-state index contributed by atoms with van der Waals surface area (Å²) in [7, 11) is 3.39. The van der Waals surface area contributed by atoms with Crippen LogP contribution in [0.3, 0.4) is 0 Å². The number of rotatable bonds is 6. The molecular weight excluding hydrogens is 264 g/mol. The maximum atomic E-state index is 5.91. The summed E-state index contributed by atoms with van der Waals surface area (Å²) in [5.74, 6) is 8.93. The van der Waals surface area contributed by atoms with Gasteiger partial charge in [-0.3, -0.25) is 11.3 Å². The van der Waals surface area contributed by atoms with Crippen LogP contribution in [0.1, 0.15) is 50.6 Å². The number of ether oxygens (including phenoxy) is 2. The number of hydrogen-bond acceptors (Lipinski definition) is 4. The zero-order valence-electron chi connectivity index (χ0n) is 13.4. The SMILES string of the molecule is CCC1CCCC(C(NN)c2c(OC)cccc2OC)C1. The van der Waals surface area contributed by atoms with E-state index in [4.69, 9.17) is 15.3 Å². The first kappa shape index (κ1) is 16.1. The number of nitrogens with one attached hydrogen (secondary N) is 1. The average molecular weight is 292 g/mol. The predicted octanol–water partition coefficient (Wildman–Crippen LogP) is 3.42. The first-order chi connectivity index (χ1) is 10.2. The third-order valence-corrected chi connectivity index (χ3v) is 4.83. The lowest BCUT2D eigenvalue weighted by Gasteiger charge is -2.35. The third kappa shape index (κ3) is 3.50. The second kappa shape index (κ2) is 7.66. The quantitative estimate of drug-likeness (QED) is 0.623. The van der Waals surface area contributed by atoms with Crippen molar-refractivity contribution in [1.29, 1.82) is 0 Å². The molecule has 21 heavy (non-hydrogen) atoms. The molecule has 2 rings (SSSR count). The zero-order chi connectivity index (χ0) is 15.2. The predicted molar refractivity (Wildman–Crippen MR) is 85.3 cm³/mol. The number of benzene rings is 1.